The molecule has 104 valence electrons. The van der Waals surface area contributed by atoms with E-state index in [1.54, 1.807) is 0 Å². The van der Waals surface area contributed by atoms with Gasteiger partial charge in [-0.3, -0.25) is 4.79 Å². The lowest BCUT2D eigenvalue weighted by Crippen LogP contribution is -2.44. The first-order valence-electron chi connectivity index (χ1n) is 6.56. The molecule has 19 heavy (non-hydrogen) atoms. The summed E-state index contributed by atoms with van der Waals surface area (Å²) in [7, 11) is 0. The van der Waals surface area contributed by atoms with Gasteiger partial charge in [-0.05, 0) is 25.0 Å². The van der Waals surface area contributed by atoms with Gasteiger partial charge in [0.2, 0.25) is 0 Å². The van der Waals surface area contributed by atoms with Crippen LogP contribution in [-0.2, 0) is 0 Å². The molecule has 0 aromatic heterocycles. The molecule has 1 aromatic carbocycles. The van der Waals surface area contributed by atoms with Gasteiger partial charge in [-0.1, -0.05) is 25.3 Å². The van der Waals surface area contributed by atoms with Crippen molar-refractivity contribution in [2.45, 2.75) is 37.7 Å². The van der Waals surface area contributed by atoms with Crippen LogP contribution in [0.3, 0.4) is 0 Å². The molecule has 1 saturated carbocycles. The van der Waals surface area contributed by atoms with Crippen molar-refractivity contribution in [2.24, 2.45) is 0 Å². The van der Waals surface area contributed by atoms with Gasteiger partial charge in [0.15, 0.2) is 0 Å². The molecule has 4 nitrogen and oxygen atoms in total. The van der Waals surface area contributed by atoms with Crippen molar-refractivity contribution in [3.8, 4) is 0 Å². The maximum atomic E-state index is 13.3. The second kappa shape index (κ2) is 5.57. The van der Waals surface area contributed by atoms with E-state index < -0.39 is 17.3 Å². The number of rotatable bonds is 3. The monoisotopic (exact) mass is 266 g/mol. The molecule has 0 saturated heterocycles. The van der Waals surface area contributed by atoms with E-state index in [1.807, 2.05) is 0 Å². The van der Waals surface area contributed by atoms with Crippen LogP contribution in [0.2, 0.25) is 0 Å². The normalized spacial score (nSPS) is 18.0. The Morgan fingerprint density at radius 3 is 2.74 bits per heavy atom. The Bertz CT molecular complexity index is 471. The fraction of sp³-hybridized carbons (Fsp3) is 0.500. The minimum atomic E-state index is -0.837. The highest BCUT2D eigenvalue weighted by atomic mass is 19.1. The molecular weight excluding hydrogens is 247 g/mol. The zero-order valence-corrected chi connectivity index (χ0v) is 10.8. The molecule has 1 aliphatic carbocycles. The number of nitrogen functional groups attached to an aromatic ring is 1. The average molecular weight is 266 g/mol. The van der Waals surface area contributed by atoms with Crippen molar-refractivity contribution >= 4 is 11.6 Å². The summed E-state index contributed by atoms with van der Waals surface area (Å²) >= 11 is 0. The number of carbonyl (C=O) groups is 1. The minimum absolute atomic E-state index is 0.111. The molecule has 0 heterocycles. The molecule has 0 spiro atoms. The minimum Gasteiger partial charge on any atom is -0.396 e. The largest absolute Gasteiger partial charge is 0.396 e. The lowest BCUT2D eigenvalue weighted by atomic mass is 9.85. The van der Waals surface area contributed by atoms with E-state index >= 15 is 0 Å². The van der Waals surface area contributed by atoms with E-state index in [0.29, 0.717) is 12.8 Å². The number of anilines is 1. The van der Waals surface area contributed by atoms with Gasteiger partial charge in [-0.2, -0.15) is 0 Å². The predicted octanol–water partition coefficient (Wildman–Crippen LogP) is 1.83. The molecule has 1 aromatic rings. The van der Waals surface area contributed by atoms with Gasteiger partial charge in [0.25, 0.3) is 5.91 Å². The van der Waals surface area contributed by atoms with Crippen LogP contribution in [0.25, 0.3) is 0 Å². The van der Waals surface area contributed by atoms with Gasteiger partial charge < -0.3 is 16.2 Å². The van der Waals surface area contributed by atoms with Crippen LogP contribution in [0.4, 0.5) is 10.1 Å². The summed E-state index contributed by atoms with van der Waals surface area (Å²) < 4.78 is 13.3. The third-order valence-electron chi connectivity index (χ3n) is 3.66. The number of hydrogen-bond donors (Lipinski definition) is 3. The maximum Gasteiger partial charge on any atom is 0.253 e. The van der Waals surface area contributed by atoms with Crippen molar-refractivity contribution < 1.29 is 14.3 Å². The molecule has 1 fully saturated rings. The van der Waals surface area contributed by atoms with Gasteiger partial charge in [-0.15, -0.1) is 0 Å². The third-order valence-corrected chi connectivity index (χ3v) is 3.66. The van der Waals surface area contributed by atoms with Crippen molar-refractivity contribution in [3.63, 3.8) is 0 Å². The predicted molar refractivity (Wildman–Crippen MR) is 71.2 cm³/mol. The van der Waals surface area contributed by atoms with Gasteiger partial charge >= 0.3 is 0 Å². The number of para-hydroxylation sites is 1. The van der Waals surface area contributed by atoms with E-state index in [2.05, 4.69) is 5.32 Å². The SMILES string of the molecule is Nc1c(F)cccc1C(=O)NCC1(O)CCCCC1. The molecule has 2 rings (SSSR count). The first-order valence-corrected chi connectivity index (χ1v) is 6.56. The van der Waals surface area contributed by atoms with Gasteiger partial charge in [0.1, 0.15) is 5.82 Å². The van der Waals surface area contributed by atoms with Gasteiger partial charge in [0, 0.05) is 6.54 Å². The molecular formula is C14H19FN2O2. The molecule has 0 unspecified atom stereocenters. The summed E-state index contributed by atoms with van der Waals surface area (Å²) in [6.45, 7) is 0.182. The van der Waals surface area contributed by atoms with Crippen molar-refractivity contribution in [2.75, 3.05) is 12.3 Å². The highest BCUT2D eigenvalue weighted by Gasteiger charge is 2.29. The van der Waals surface area contributed by atoms with Crippen molar-refractivity contribution in [1.29, 1.82) is 0 Å². The van der Waals surface area contributed by atoms with Crippen LogP contribution in [0.5, 0.6) is 0 Å². The van der Waals surface area contributed by atoms with Crippen LogP contribution in [0.15, 0.2) is 18.2 Å². The standard InChI is InChI=1S/C14H19FN2O2/c15-11-6-4-5-10(12(11)16)13(18)17-9-14(19)7-2-1-3-8-14/h4-6,19H,1-3,7-9,16H2,(H,17,18). The molecule has 0 atom stereocenters. The molecule has 1 amide bonds. The van der Waals surface area contributed by atoms with E-state index in [9.17, 15) is 14.3 Å². The number of nitrogens with two attached hydrogens (primary N) is 1. The van der Waals surface area contributed by atoms with Crippen molar-refractivity contribution in [1.82, 2.24) is 5.32 Å². The quantitative estimate of drug-likeness (QED) is 0.731. The summed E-state index contributed by atoms with van der Waals surface area (Å²) in [6, 6.07) is 4.12. The number of aliphatic hydroxyl groups is 1. The Balaban J connectivity index is 1.99. The number of benzene rings is 1. The summed E-state index contributed by atoms with van der Waals surface area (Å²) in [6.07, 6.45) is 4.42. The summed E-state index contributed by atoms with van der Waals surface area (Å²) in [5, 5.41) is 12.9. The Morgan fingerprint density at radius 1 is 1.37 bits per heavy atom. The Morgan fingerprint density at radius 2 is 2.05 bits per heavy atom. The van der Waals surface area contributed by atoms with E-state index in [4.69, 9.17) is 5.73 Å². The summed E-state index contributed by atoms with van der Waals surface area (Å²) in [5.74, 6) is -1.06. The number of hydrogen-bond acceptors (Lipinski definition) is 3. The molecule has 4 N–H and O–H groups in total. The zero-order chi connectivity index (χ0) is 13.9. The topological polar surface area (TPSA) is 75.4 Å². The first kappa shape index (κ1) is 13.8. The molecule has 0 bridgehead atoms. The first-order chi connectivity index (χ1) is 9.02. The molecule has 5 heteroatoms. The second-order valence-corrected chi connectivity index (χ2v) is 5.17. The third kappa shape index (κ3) is 3.23. The lowest BCUT2D eigenvalue weighted by molar-refractivity contribution is 0.00526. The van der Waals surface area contributed by atoms with Crippen molar-refractivity contribution in [3.05, 3.63) is 29.6 Å². The second-order valence-electron chi connectivity index (χ2n) is 5.17. The molecule has 1 aliphatic rings. The van der Waals surface area contributed by atoms with Crippen LogP contribution in [-0.4, -0.2) is 23.2 Å². The fourth-order valence-corrected chi connectivity index (χ4v) is 2.46. The van der Waals surface area contributed by atoms with E-state index in [1.165, 1.54) is 18.2 Å². The van der Waals surface area contributed by atoms with Crippen LogP contribution in [0.1, 0.15) is 42.5 Å². The molecule has 0 aliphatic heterocycles. The van der Waals surface area contributed by atoms with Gasteiger partial charge in [0.05, 0.1) is 16.9 Å². The number of amides is 1. The highest BCUT2D eigenvalue weighted by Crippen LogP contribution is 2.27. The zero-order valence-electron chi connectivity index (χ0n) is 10.8. The van der Waals surface area contributed by atoms with E-state index in [-0.39, 0.29) is 17.8 Å². The maximum absolute atomic E-state index is 13.3. The Labute approximate surface area is 111 Å². The smallest absolute Gasteiger partial charge is 0.253 e. The summed E-state index contributed by atoms with van der Waals surface area (Å²) in [4.78, 5) is 11.9. The highest BCUT2D eigenvalue weighted by molar-refractivity contribution is 5.99. The lowest BCUT2D eigenvalue weighted by Gasteiger charge is -2.32. The number of nitrogens with one attached hydrogen (secondary N) is 1. The number of carbonyl (C=O) groups excluding carboxylic acids is 1. The van der Waals surface area contributed by atoms with Crippen LogP contribution in [0, 0.1) is 5.82 Å². The van der Waals surface area contributed by atoms with E-state index in [0.717, 1.165) is 19.3 Å². The summed E-state index contributed by atoms with van der Waals surface area (Å²) in [5.41, 5.74) is 4.64. The van der Waals surface area contributed by atoms with Crippen LogP contribution < -0.4 is 11.1 Å². The Kier molecular flexibility index (Phi) is 4.04. The molecule has 0 radical (unpaired) electrons. The number of halogens is 1. The average Bonchev–Trinajstić information content (AvgIpc) is 2.40. The fourth-order valence-electron chi connectivity index (χ4n) is 2.46. The Hall–Kier alpha value is -1.62. The van der Waals surface area contributed by atoms with Crippen LogP contribution >= 0.6 is 0 Å². The van der Waals surface area contributed by atoms with Gasteiger partial charge in [-0.25, -0.2) is 4.39 Å².